The molecule has 0 aromatic heterocycles. The third-order valence-electron chi connectivity index (χ3n) is 3.01. The minimum absolute atomic E-state index is 0.376. The maximum absolute atomic E-state index is 5.54. The standard InChI is InChI=1S/C10H19NO2/c1-8-10(4-6-12-8)11-7-9-3-2-5-13-9/h8-11H,2-7H2,1H3/t8-,9+,10-/m1/s1. The molecular weight excluding hydrogens is 166 g/mol. The van der Waals surface area contributed by atoms with Gasteiger partial charge in [0.15, 0.2) is 0 Å². The van der Waals surface area contributed by atoms with E-state index in [9.17, 15) is 0 Å². The molecule has 2 saturated heterocycles. The molecule has 0 radical (unpaired) electrons. The van der Waals surface area contributed by atoms with Crippen molar-refractivity contribution in [2.24, 2.45) is 0 Å². The Morgan fingerprint density at radius 2 is 2.15 bits per heavy atom. The van der Waals surface area contributed by atoms with E-state index in [1.54, 1.807) is 0 Å². The summed E-state index contributed by atoms with van der Waals surface area (Å²) in [5, 5.41) is 3.52. The molecule has 0 amide bonds. The van der Waals surface area contributed by atoms with Crippen molar-refractivity contribution in [1.82, 2.24) is 5.32 Å². The van der Waals surface area contributed by atoms with Crippen LogP contribution < -0.4 is 5.32 Å². The zero-order valence-corrected chi connectivity index (χ0v) is 8.29. The van der Waals surface area contributed by atoms with Gasteiger partial charge in [0.2, 0.25) is 0 Å². The molecule has 2 aliphatic rings. The van der Waals surface area contributed by atoms with Crippen molar-refractivity contribution in [1.29, 1.82) is 0 Å². The summed E-state index contributed by atoms with van der Waals surface area (Å²) in [6.45, 7) is 4.99. The van der Waals surface area contributed by atoms with Crippen LogP contribution in [0.2, 0.25) is 0 Å². The Morgan fingerprint density at radius 1 is 1.23 bits per heavy atom. The first kappa shape index (κ1) is 9.44. The fourth-order valence-electron chi connectivity index (χ4n) is 2.09. The largest absolute Gasteiger partial charge is 0.377 e. The predicted octanol–water partition coefficient (Wildman–Crippen LogP) is 0.932. The van der Waals surface area contributed by atoms with Crippen LogP contribution in [0.3, 0.4) is 0 Å². The lowest BCUT2D eigenvalue weighted by Gasteiger charge is -2.18. The molecule has 0 aliphatic carbocycles. The quantitative estimate of drug-likeness (QED) is 0.709. The van der Waals surface area contributed by atoms with Gasteiger partial charge < -0.3 is 14.8 Å². The molecule has 2 aliphatic heterocycles. The average Bonchev–Trinajstić information content (AvgIpc) is 2.72. The van der Waals surface area contributed by atoms with E-state index in [0.29, 0.717) is 18.2 Å². The SMILES string of the molecule is C[C@H]1OCC[C@H]1NC[C@@H]1CCCO1. The summed E-state index contributed by atoms with van der Waals surface area (Å²) >= 11 is 0. The van der Waals surface area contributed by atoms with Gasteiger partial charge in [-0.05, 0) is 26.2 Å². The summed E-state index contributed by atoms with van der Waals surface area (Å²) in [5.74, 6) is 0. The molecule has 0 aromatic rings. The van der Waals surface area contributed by atoms with Crippen molar-refractivity contribution in [3.63, 3.8) is 0 Å². The molecule has 3 nitrogen and oxygen atoms in total. The van der Waals surface area contributed by atoms with E-state index >= 15 is 0 Å². The first-order valence-electron chi connectivity index (χ1n) is 5.33. The predicted molar refractivity (Wildman–Crippen MR) is 50.8 cm³/mol. The van der Waals surface area contributed by atoms with Gasteiger partial charge in [-0.2, -0.15) is 0 Å². The summed E-state index contributed by atoms with van der Waals surface area (Å²) in [4.78, 5) is 0. The van der Waals surface area contributed by atoms with Gasteiger partial charge in [0.1, 0.15) is 0 Å². The minimum Gasteiger partial charge on any atom is -0.377 e. The molecule has 0 aromatic carbocycles. The summed E-state index contributed by atoms with van der Waals surface area (Å²) in [6, 6.07) is 0.546. The van der Waals surface area contributed by atoms with Gasteiger partial charge >= 0.3 is 0 Å². The van der Waals surface area contributed by atoms with Gasteiger partial charge in [0.05, 0.1) is 12.2 Å². The molecular formula is C10H19NO2. The fraction of sp³-hybridized carbons (Fsp3) is 1.00. The summed E-state index contributed by atoms with van der Waals surface area (Å²) < 4.78 is 11.0. The van der Waals surface area contributed by atoms with Crippen molar-refractivity contribution in [2.75, 3.05) is 19.8 Å². The van der Waals surface area contributed by atoms with Gasteiger partial charge in [-0.15, -0.1) is 0 Å². The number of ether oxygens (including phenoxy) is 2. The van der Waals surface area contributed by atoms with E-state index in [4.69, 9.17) is 9.47 Å². The minimum atomic E-state index is 0.376. The van der Waals surface area contributed by atoms with Gasteiger partial charge in [0, 0.05) is 25.8 Å². The normalized spacial score (nSPS) is 39.9. The monoisotopic (exact) mass is 185 g/mol. The van der Waals surface area contributed by atoms with E-state index in [1.165, 1.54) is 12.8 Å². The van der Waals surface area contributed by atoms with E-state index < -0.39 is 0 Å². The van der Waals surface area contributed by atoms with Crippen molar-refractivity contribution in [3.8, 4) is 0 Å². The van der Waals surface area contributed by atoms with Crippen LogP contribution in [0.15, 0.2) is 0 Å². The lowest BCUT2D eigenvalue weighted by Crippen LogP contribution is -2.39. The van der Waals surface area contributed by atoms with Gasteiger partial charge in [-0.1, -0.05) is 0 Å². The molecule has 2 rings (SSSR count). The Bertz CT molecular complexity index is 157. The molecule has 2 heterocycles. The van der Waals surface area contributed by atoms with Crippen LogP contribution >= 0.6 is 0 Å². The van der Waals surface area contributed by atoms with Crippen LogP contribution in [0.4, 0.5) is 0 Å². The third kappa shape index (κ3) is 2.42. The fourth-order valence-corrected chi connectivity index (χ4v) is 2.09. The van der Waals surface area contributed by atoms with Crippen LogP contribution in [0, 0.1) is 0 Å². The van der Waals surface area contributed by atoms with Crippen LogP contribution in [-0.2, 0) is 9.47 Å². The first-order chi connectivity index (χ1) is 6.36. The highest BCUT2D eigenvalue weighted by Crippen LogP contribution is 2.15. The van der Waals surface area contributed by atoms with Gasteiger partial charge in [0.25, 0.3) is 0 Å². The number of nitrogens with one attached hydrogen (secondary N) is 1. The average molecular weight is 185 g/mol. The third-order valence-corrected chi connectivity index (χ3v) is 3.01. The lowest BCUT2D eigenvalue weighted by molar-refractivity contribution is 0.0925. The van der Waals surface area contributed by atoms with Gasteiger partial charge in [-0.25, -0.2) is 0 Å². The Balaban J connectivity index is 1.66. The van der Waals surface area contributed by atoms with E-state index in [2.05, 4.69) is 12.2 Å². The van der Waals surface area contributed by atoms with E-state index in [-0.39, 0.29) is 0 Å². The highest BCUT2D eigenvalue weighted by atomic mass is 16.5. The molecule has 13 heavy (non-hydrogen) atoms. The van der Waals surface area contributed by atoms with Crippen molar-refractivity contribution in [3.05, 3.63) is 0 Å². The summed E-state index contributed by atoms with van der Waals surface area (Å²) in [7, 11) is 0. The number of hydrogen-bond acceptors (Lipinski definition) is 3. The Morgan fingerprint density at radius 3 is 2.77 bits per heavy atom. The van der Waals surface area contributed by atoms with Crippen LogP contribution in [-0.4, -0.2) is 38.0 Å². The Hall–Kier alpha value is -0.120. The topological polar surface area (TPSA) is 30.5 Å². The van der Waals surface area contributed by atoms with E-state index in [1.807, 2.05) is 0 Å². The second-order valence-corrected chi connectivity index (χ2v) is 4.01. The molecule has 2 fully saturated rings. The summed E-state index contributed by atoms with van der Waals surface area (Å²) in [6.07, 6.45) is 4.42. The molecule has 3 heteroatoms. The van der Waals surface area contributed by atoms with Crippen LogP contribution in [0.1, 0.15) is 26.2 Å². The summed E-state index contributed by atoms with van der Waals surface area (Å²) in [5.41, 5.74) is 0. The van der Waals surface area contributed by atoms with Crippen molar-refractivity contribution >= 4 is 0 Å². The second-order valence-electron chi connectivity index (χ2n) is 4.01. The maximum atomic E-state index is 5.54. The molecule has 1 N–H and O–H groups in total. The Labute approximate surface area is 79.8 Å². The lowest BCUT2D eigenvalue weighted by atomic mass is 10.1. The zero-order valence-electron chi connectivity index (χ0n) is 8.29. The molecule has 0 bridgehead atoms. The molecule has 0 spiro atoms. The first-order valence-corrected chi connectivity index (χ1v) is 5.33. The number of hydrogen-bond donors (Lipinski definition) is 1. The second kappa shape index (κ2) is 4.40. The van der Waals surface area contributed by atoms with E-state index in [0.717, 1.165) is 26.2 Å². The smallest absolute Gasteiger partial charge is 0.0700 e. The van der Waals surface area contributed by atoms with Crippen LogP contribution in [0.5, 0.6) is 0 Å². The van der Waals surface area contributed by atoms with Crippen LogP contribution in [0.25, 0.3) is 0 Å². The Kier molecular flexibility index (Phi) is 3.19. The number of rotatable bonds is 3. The maximum Gasteiger partial charge on any atom is 0.0700 e. The highest BCUT2D eigenvalue weighted by molar-refractivity contribution is 4.80. The molecule has 0 unspecified atom stereocenters. The van der Waals surface area contributed by atoms with Gasteiger partial charge in [-0.3, -0.25) is 0 Å². The molecule has 3 atom stereocenters. The highest BCUT2D eigenvalue weighted by Gasteiger charge is 2.25. The molecule has 76 valence electrons. The zero-order chi connectivity index (χ0) is 9.10. The van der Waals surface area contributed by atoms with Crippen molar-refractivity contribution in [2.45, 2.75) is 44.4 Å². The molecule has 0 saturated carbocycles. The van der Waals surface area contributed by atoms with Crippen molar-refractivity contribution < 1.29 is 9.47 Å².